The first-order valence-corrected chi connectivity index (χ1v) is 8.60. The molecule has 0 unspecified atom stereocenters. The van der Waals surface area contributed by atoms with Crippen LogP contribution < -0.4 is 9.47 Å². The normalized spacial score (nSPS) is 10.8. The van der Waals surface area contributed by atoms with Crippen molar-refractivity contribution in [2.45, 2.75) is 13.2 Å². The van der Waals surface area contributed by atoms with Gasteiger partial charge in [-0.05, 0) is 23.3 Å². The molecule has 0 amide bonds. The lowest BCUT2D eigenvalue weighted by Crippen LogP contribution is -1.99. The van der Waals surface area contributed by atoms with Crippen LogP contribution in [0.1, 0.15) is 16.7 Å². The number of benzene rings is 3. The van der Waals surface area contributed by atoms with E-state index in [1.165, 1.54) is 0 Å². The van der Waals surface area contributed by atoms with E-state index >= 15 is 0 Å². The summed E-state index contributed by atoms with van der Waals surface area (Å²) in [5, 5.41) is 9.04. The fraction of sp³-hybridized carbons (Fsp3) is 0.130. The minimum atomic E-state index is -0.00954. The lowest BCUT2D eigenvalue weighted by atomic mass is 10.1. The Balaban J connectivity index is 1.73. The molecule has 0 aliphatic rings. The van der Waals surface area contributed by atoms with Crippen LogP contribution in [0.25, 0.3) is 6.08 Å². The van der Waals surface area contributed by atoms with Gasteiger partial charge in [0.2, 0.25) is 0 Å². The molecule has 3 nitrogen and oxygen atoms in total. The highest BCUT2D eigenvalue weighted by Crippen LogP contribution is 2.27. The Morgan fingerprint density at radius 2 is 1.35 bits per heavy atom. The molecule has 3 rings (SSSR count). The molecule has 0 fully saturated rings. The molecule has 132 valence electrons. The van der Waals surface area contributed by atoms with Gasteiger partial charge in [-0.3, -0.25) is 0 Å². The number of aliphatic hydroxyl groups excluding tert-OH is 1. The summed E-state index contributed by atoms with van der Waals surface area (Å²) >= 11 is 0. The third kappa shape index (κ3) is 5.23. The molecule has 0 heterocycles. The summed E-state index contributed by atoms with van der Waals surface area (Å²) in [5.41, 5.74) is 3.12. The fourth-order valence-corrected chi connectivity index (χ4v) is 2.52. The Morgan fingerprint density at radius 1 is 0.731 bits per heavy atom. The van der Waals surface area contributed by atoms with E-state index in [2.05, 4.69) is 0 Å². The van der Waals surface area contributed by atoms with Gasteiger partial charge in [-0.2, -0.15) is 0 Å². The van der Waals surface area contributed by atoms with Crippen LogP contribution in [0.4, 0.5) is 0 Å². The third-order valence-electron chi connectivity index (χ3n) is 3.87. The Labute approximate surface area is 154 Å². The monoisotopic (exact) mass is 346 g/mol. The molecular weight excluding hydrogens is 324 g/mol. The Bertz CT molecular complexity index is 827. The zero-order valence-corrected chi connectivity index (χ0v) is 14.5. The minimum Gasteiger partial charge on any atom is -0.489 e. The Kier molecular flexibility index (Phi) is 6.46. The second-order valence-corrected chi connectivity index (χ2v) is 5.83. The van der Waals surface area contributed by atoms with E-state index in [9.17, 15) is 0 Å². The Morgan fingerprint density at radius 3 is 1.96 bits per heavy atom. The lowest BCUT2D eigenvalue weighted by Gasteiger charge is -2.13. The summed E-state index contributed by atoms with van der Waals surface area (Å²) < 4.78 is 11.9. The molecule has 0 spiro atoms. The zero-order chi connectivity index (χ0) is 18.0. The van der Waals surface area contributed by atoms with E-state index in [0.29, 0.717) is 13.2 Å². The largest absolute Gasteiger partial charge is 0.489 e. The summed E-state index contributed by atoms with van der Waals surface area (Å²) in [7, 11) is 0. The van der Waals surface area contributed by atoms with Crippen molar-refractivity contribution < 1.29 is 14.6 Å². The molecule has 0 aliphatic heterocycles. The Hall–Kier alpha value is -3.04. The van der Waals surface area contributed by atoms with Crippen molar-refractivity contribution in [1.29, 1.82) is 0 Å². The van der Waals surface area contributed by atoms with Gasteiger partial charge in [0.15, 0.2) is 0 Å². The van der Waals surface area contributed by atoms with E-state index in [0.717, 1.165) is 28.2 Å². The van der Waals surface area contributed by atoms with Crippen molar-refractivity contribution in [3.05, 3.63) is 102 Å². The maximum Gasteiger partial charge on any atom is 0.130 e. The van der Waals surface area contributed by atoms with Crippen molar-refractivity contribution in [2.75, 3.05) is 6.61 Å². The van der Waals surface area contributed by atoms with E-state index in [1.807, 2.05) is 84.9 Å². The van der Waals surface area contributed by atoms with E-state index in [-0.39, 0.29) is 6.61 Å². The van der Waals surface area contributed by atoms with Crippen LogP contribution >= 0.6 is 0 Å². The van der Waals surface area contributed by atoms with Crippen LogP contribution in [0, 0.1) is 0 Å². The van der Waals surface area contributed by atoms with Gasteiger partial charge in [0.25, 0.3) is 0 Å². The van der Waals surface area contributed by atoms with Crippen LogP contribution in [0.3, 0.4) is 0 Å². The maximum absolute atomic E-state index is 9.04. The summed E-state index contributed by atoms with van der Waals surface area (Å²) in [6.45, 7) is 0.970. The second-order valence-electron chi connectivity index (χ2n) is 5.83. The topological polar surface area (TPSA) is 38.7 Å². The first-order chi connectivity index (χ1) is 12.8. The molecule has 1 N–H and O–H groups in total. The molecule has 0 aromatic heterocycles. The average molecular weight is 346 g/mol. The smallest absolute Gasteiger partial charge is 0.130 e. The third-order valence-corrected chi connectivity index (χ3v) is 3.87. The van der Waals surface area contributed by atoms with Crippen LogP contribution in [0.5, 0.6) is 11.5 Å². The minimum absolute atomic E-state index is 0.00954. The average Bonchev–Trinajstić information content (AvgIpc) is 2.71. The molecule has 0 radical (unpaired) electrons. The number of aliphatic hydroxyl groups is 1. The highest BCUT2D eigenvalue weighted by atomic mass is 16.5. The van der Waals surface area contributed by atoms with Crippen LogP contribution in [0.15, 0.2) is 84.9 Å². The molecule has 0 saturated heterocycles. The SMILES string of the molecule is OCC=Cc1ccc(OCc2ccccc2)cc1OCc1ccccc1. The van der Waals surface area contributed by atoms with E-state index in [1.54, 1.807) is 6.08 Å². The van der Waals surface area contributed by atoms with Gasteiger partial charge in [-0.1, -0.05) is 72.8 Å². The molecular formula is C23H22O3. The van der Waals surface area contributed by atoms with Crippen molar-refractivity contribution in [2.24, 2.45) is 0 Å². The number of hydrogen-bond acceptors (Lipinski definition) is 3. The van der Waals surface area contributed by atoms with E-state index in [4.69, 9.17) is 14.6 Å². The molecule has 0 atom stereocenters. The molecule has 3 aromatic carbocycles. The predicted octanol–water partition coefficient (Wildman–Crippen LogP) is 4.85. The van der Waals surface area contributed by atoms with Crippen LogP contribution in [0.2, 0.25) is 0 Å². The summed E-state index contributed by atoms with van der Waals surface area (Å²) in [6, 6.07) is 25.8. The lowest BCUT2D eigenvalue weighted by molar-refractivity contribution is 0.289. The van der Waals surface area contributed by atoms with Gasteiger partial charge in [-0.15, -0.1) is 0 Å². The maximum atomic E-state index is 9.04. The summed E-state index contributed by atoms with van der Waals surface area (Å²) in [4.78, 5) is 0. The highest BCUT2D eigenvalue weighted by molar-refractivity contribution is 5.59. The van der Waals surface area contributed by atoms with Crippen LogP contribution in [-0.4, -0.2) is 11.7 Å². The van der Waals surface area contributed by atoms with Gasteiger partial charge in [0, 0.05) is 11.6 Å². The molecule has 0 bridgehead atoms. The van der Waals surface area contributed by atoms with Gasteiger partial charge < -0.3 is 14.6 Å². The standard InChI is InChI=1S/C23H22O3/c24-15-7-12-21-13-14-22(25-17-19-8-3-1-4-9-19)16-23(21)26-18-20-10-5-2-6-11-20/h1-14,16,24H,15,17-18H2. The molecule has 26 heavy (non-hydrogen) atoms. The number of hydrogen-bond donors (Lipinski definition) is 1. The molecule has 0 saturated carbocycles. The fourth-order valence-electron chi connectivity index (χ4n) is 2.52. The van der Waals surface area contributed by atoms with Crippen molar-refractivity contribution >= 4 is 6.08 Å². The number of ether oxygens (including phenoxy) is 2. The molecule has 0 aliphatic carbocycles. The first kappa shape index (κ1) is 17.8. The molecule has 3 aromatic rings. The van der Waals surface area contributed by atoms with Crippen LogP contribution in [-0.2, 0) is 13.2 Å². The number of rotatable bonds is 8. The first-order valence-electron chi connectivity index (χ1n) is 8.60. The molecule has 3 heteroatoms. The van der Waals surface area contributed by atoms with Crippen molar-refractivity contribution in [1.82, 2.24) is 0 Å². The van der Waals surface area contributed by atoms with Gasteiger partial charge in [0.05, 0.1) is 6.61 Å². The van der Waals surface area contributed by atoms with Gasteiger partial charge >= 0.3 is 0 Å². The van der Waals surface area contributed by atoms with Crippen molar-refractivity contribution in [3.63, 3.8) is 0 Å². The summed E-state index contributed by atoms with van der Waals surface area (Å²) in [5.74, 6) is 1.47. The quantitative estimate of drug-likeness (QED) is 0.634. The second kappa shape index (κ2) is 9.44. The predicted molar refractivity (Wildman–Crippen MR) is 104 cm³/mol. The van der Waals surface area contributed by atoms with E-state index < -0.39 is 0 Å². The van der Waals surface area contributed by atoms with Gasteiger partial charge in [-0.25, -0.2) is 0 Å². The van der Waals surface area contributed by atoms with Crippen molar-refractivity contribution in [3.8, 4) is 11.5 Å². The zero-order valence-electron chi connectivity index (χ0n) is 14.5. The van der Waals surface area contributed by atoms with Gasteiger partial charge in [0.1, 0.15) is 24.7 Å². The summed E-state index contributed by atoms with van der Waals surface area (Å²) in [6.07, 6.45) is 3.54. The highest BCUT2D eigenvalue weighted by Gasteiger charge is 2.05.